The zero-order valence-corrected chi connectivity index (χ0v) is 12.0. The van der Waals surface area contributed by atoms with E-state index >= 15 is 0 Å². The molecular weight excluding hydrogens is 220 g/mol. The molecule has 18 heavy (non-hydrogen) atoms. The molecule has 3 rings (SSSR count). The molecule has 2 atom stereocenters. The van der Waals surface area contributed by atoms with Crippen molar-refractivity contribution in [2.45, 2.75) is 82.3 Å². The third-order valence-electron chi connectivity index (χ3n) is 5.80. The molecule has 0 amide bonds. The Morgan fingerprint density at radius 3 is 2.28 bits per heavy atom. The van der Waals surface area contributed by atoms with E-state index < -0.39 is 0 Å². The maximum Gasteiger partial charge on any atom is 0.0110 e. The van der Waals surface area contributed by atoms with E-state index in [0.717, 1.165) is 24.0 Å². The van der Waals surface area contributed by atoms with Crippen LogP contribution in [0.4, 0.5) is 0 Å². The Hall–Kier alpha value is -0.0800. The average molecular weight is 250 g/mol. The lowest BCUT2D eigenvalue weighted by atomic mass is 9.82. The summed E-state index contributed by atoms with van der Waals surface area (Å²) in [7, 11) is 2.35. The molecule has 2 heterocycles. The van der Waals surface area contributed by atoms with Gasteiger partial charge in [-0.25, -0.2) is 0 Å². The SMILES string of the molecule is CN1C2CCCC1CC(NCCC1CCCC1)C2. The van der Waals surface area contributed by atoms with Gasteiger partial charge >= 0.3 is 0 Å². The first-order chi connectivity index (χ1) is 8.83. The molecule has 3 fully saturated rings. The van der Waals surface area contributed by atoms with Crippen molar-refractivity contribution in [2.75, 3.05) is 13.6 Å². The summed E-state index contributed by atoms with van der Waals surface area (Å²) in [6, 6.07) is 2.57. The van der Waals surface area contributed by atoms with Gasteiger partial charge in [-0.1, -0.05) is 32.1 Å². The second-order valence-electron chi connectivity index (χ2n) is 6.97. The van der Waals surface area contributed by atoms with Gasteiger partial charge in [-0.05, 0) is 51.6 Å². The molecule has 0 spiro atoms. The van der Waals surface area contributed by atoms with Gasteiger partial charge in [0.25, 0.3) is 0 Å². The van der Waals surface area contributed by atoms with Crippen LogP contribution in [0.3, 0.4) is 0 Å². The van der Waals surface area contributed by atoms with E-state index in [4.69, 9.17) is 0 Å². The molecule has 3 aliphatic rings. The van der Waals surface area contributed by atoms with Crippen molar-refractivity contribution >= 4 is 0 Å². The van der Waals surface area contributed by atoms with Crippen molar-refractivity contribution in [1.82, 2.24) is 10.2 Å². The van der Waals surface area contributed by atoms with Crippen molar-refractivity contribution in [1.29, 1.82) is 0 Å². The number of nitrogens with zero attached hydrogens (tertiary/aromatic N) is 1. The van der Waals surface area contributed by atoms with Crippen LogP contribution in [0.1, 0.15) is 64.2 Å². The average Bonchev–Trinajstić information content (AvgIpc) is 2.83. The van der Waals surface area contributed by atoms with Gasteiger partial charge in [0.2, 0.25) is 0 Å². The summed E-state index contributed by atoms with van der Waals surface area (Å²) in [5.74, 6) is 1.04. The molecular formula is C16H30N2. The first kappa shape index (κ1) is 12.9. The van der Waals surface area contributed by atoms with Crippen LogP contribution in [0.15, 0.2) is 0 Å². The fourth-order valence-corrected chi connectivity index (χ4v) is 4.57. The second kappa shape index (κ2) is 5.92. The van der Waals surface area contributed by atoms with Crippen LogP contribution < -0.4 is 5.32 Å². The Kier molecular flexibility index (Phi) is 4.25. The fraction of sp³-hybridized carbons (Fsp3) is 1.00. The van der Waals surface area contributed by atoms with Crippen LogP contribution >= 0.6 is 0 Å². The number of nitrogens with one attached hydrogen (secondary N) is 1. The molecule has 0 aromatic rings. The standard InChI is InChI=1S/C16H30N2/c1-18-15-7-4-8-16(18)12-14(11-15)17-10-9-13-5-2-3-6-13/h13-17H,2-12H2,1H3. The Balaban J connectivity index is 1.40. The third-order valence-corrected chi connectivity index (χ3v) is 5.80. The van der Waals surface area contributed by atoms with Crippen molar-refractivity contribution in [3.05, 3.63) is 0 Å². The minimum Gasteiger partial charge on any atom is -0.314 e. The van der Waals surface area contributed by atoms with Crippen LogP contribution in [-0.4, -0.2) is 36.6 Å². The minimum atomic E-state index is 0.818. The quantitative estimate of drug-likeness (QED) is 0.824. The second-order valence-corrected chi connectivity index (χ2v) is 6.97. The molecule has 0 aromatic carbocycles. The molecule has 2 saturated heterocycles. The topological polar surface area (TPSA) is 15.3 Å². The molecule has 2 bridgehead atoms. The number of fused-ring (bicyclic) bond motifs is 2. The summed E-state index contributed by atoms with van der Waals surface area (Å²) in [4.78, 5) is 2.67. The number of rotatable bonds is 4. The lowest BCUT2D eigenvalue weighted by Gasteiger charge is -2.47. The Morgan fingerprint density at radius 2 is 1.61 bits per heavy atom. The molecule has 2 heteroatoms. The van der Waals surface area contributed by atoms with Gasteiger partial charge in [0.15, 0.2) is 0 Å². The van der Waals surface area contributed by atoms with Gasteiger partial charge in [-0.15, -0.1) is 0 Å². The van der Waals surface area contributed by atoms with Crippen molar-refractivity contribution < 1.29 is 0 Å². The number of hydrogen-bond acceptors (Lipinski definition) is 2. The molecule has 0 radical (unpaired) electrons. The molecule has 2 unspecified atom stereocenters. The first-order valence-electron chi connectivity index (χ1n) is 8.28. The minimum absolute atomic E-state index is 0.818. The van der Waals surface area contributed by atoms with Crippen molar-refractivity contribution in [2.24, 2.45) is 5.92 Å². The summed E-state index contributed by atoms with van der Waals surface area (Å²) >= 11 is 0. The highest BCUT2D eigenvalue weighted by Gasteiger charge is 2.35. The molecule has 2 aliphatic heterocycles. The monoisotopic (exact) mass is 250 g/mol. The Bertz CT molecular complexity index is 246. The van der Waals surface area contributed by atoms with Crippen LogP contribution in [0.25, 0.3) is 0 Å². The summed E-state index contributed by atoms with van der Waals surface area (Å²) in [6.45, 7) is 1.28. The largest absolute Gasteiger partial charge is 0.314 e. The lowest BCUT2D eigenvalue weighted by molar-refractivity contribution is 0.0484. The Labute approximate surface area is 113 Å². The predicted molar refractivity (Wildman–Crippen MR) is 76.8 cm³/mol. The summed E-state index contributed by atoms with van der Waals surface area (Å²) in [5, 5.41) is 3.87. The van der Waals surface area contributed by atoms with E-state index in [1.54, 1.807) is 0 Å². The third kappa shape index (κ3) is 2.91. The molecule has 1 saturated carbocycles. The van der Waals surface area contributed by atoms with E-state index in [1.807, 2.05) is 0 Å². The smallest absolute Gasteiger partial charge is 0.0110 e. The predicted octanol–water partition coefficient (Wildman–Crippen LogP) is 3.17. The molecule has 1 N–H and O–H groups in total. The fourth-order valence-electron chi connectivity index (χ4n) is 4.57. The lowest BCUT2D eigenvalue weighted by Crippen LogP contribution is -2.54. The number of piperidine rings is 2. The summed E-state index contributed by atoms with van der Waals surface area (Å²) < 4.78 is 0. The van der Waals surface area contributed by atoms with Gasteiger partial charge in [0, 0.05) is 18.1 Å². The van der Waals surface area contributed by atoms with E-state index in [9.17, 15) is 0 Å². The van der Waals surface area contributed by atoms with Gasteiger partial charge in [-0.3, -0.25) is 0 Å². The van der Waals surface area contributed by atoms with E-state index in [-0.39, 0.29) is 0 Å². The van der Waals surface area contributed by atoms with Gasteiger partial charge in [0.1, 0.15) is 0 Å². The van der Waals surface area contributed by atoms with Crippen LogP contribution in [0.5, 0.6) is 0 Å². The highest BCUT2D eigenvalue weighted by atomic mass is 15.2. The maximum absolute atomic E-state index is 3.87. The normalized spacial score (nSPS) is 38.2. The zero-order chi connectivity index (χ0) is 12.4. The van der Waals surface area contributed by atoms with Crippen LogP contribution in [0, 0.1) is 5.92 Å². The zero-order valence-electron chi connectivity index (χ0n) is 12.0. The summed E-state index contributed by atoms with van der Waals surface area (Å²) in [6.07, 6.45) is 14.6. The molecule has 1 aliphatic carbocycles. The molecule has 104 valence electrons. The van der Waals surface area contributed by atoms with Crippen molar-refractivity contribution in [3.63, 3.8) is 0 Å². The van der Waals surface area contributed by atoms with Gasteiger partial charge in [0.05, 0.1) is 0 Å². The van der Waals surface area contributed by atoms with E-state index in [1.165, 1.54) is 70.8 Å². The van der Waals surface area contributed by atoms with E-state index in [0.29, 0.717) is 0 Å². The van der Waals surface area contributed by atoms with E-state index in [2.05, 4.69) is 17.3 Å². The van der Waals surface area contributed by atoms with Crippen molar-refractivity contribution in [3.8, 4) is 0 Å². The number of hydrogen-bond donors (Lipinski definition) is 1. The highest BCUT2D eigenvalue weighted by molar-refractivity contribution is 4.93. The first-order valence-corrected chi connectivity index (χ1v) is 8.28. The molecule has 2 nitrogen and oxygen atoms in total. The van der Waals surface area contributed by atoms with Gasteiger partial charge in [-0.2, -0.15) is 0 Å². The van der Waals surface area contributed by atoms with Gasteiger partial charge < -0.3 is 10.2 Å². The summed E-state index contributed by atoms with van der Waals surface area (Å²) in [5.41, 5.74) is 0. The maximum atomic E-state index is 3.87. The Morgan fingerprint density at radius 1 is 0.944 bits per heavy atom. The van der Waals surface area contributed by atoms with Crippen LogP contribution in [-0.2, 0) is 0 Å². The highest BCUT2D eigenvalue weighted by Crippen LogP contribution is 2.33. The van der Waals surface area contributed by atoms with Crippen LogP contribution in [0.2, 0.25) is 0 Å². The molecule has 0 aromatic heterocycles.